The number of imidazole rings is 1. The maximum Gasteiger partial charge on any atom is 0.259 e. The van der Waals surface area contributed by atoms with E-state index >= 15 is 0 Å². The average Bonchev–Trinajstić information content (AvgIpc) is 2.86. The van der Waals surface area contributed by atoms with E-state index in [4.69, 9.17) is 0 Å². The van der Waals surface area contributed by atoms with E-state index in [2.05, 4.69) is 15.0 Å². The van der Waals surface area contributed by atoms with Crippen molar-refractivity contribution < 1.29 is 13.5 Å². The molecule has 1 aromatic rings. The number of β-amino-alcohol motifs (C(OH)–C–C–N with tert-alkyl or cyclic N) is 1. The number of aromatic nitrogens is 2. The van der Waals surface area contributed by atoms with Gasteiger partial charge in [0.25, 0.3) is 10.0 Å². The maximum absolute atomic E-state index is 12.0. The third-order valence-electron chi connectivity index (χ3n) is 3.17. The third kappa shape index (κ3) is 2.72. The molecule has 3 N–H and O–H groups in total. The number of aliphatic hydroxyl groups is 1. The first-order valence-corrected chi connectivity index (χ1v) is 7.23. The Morgan fingerprint density at radius 3 is 2.89 bits per heavy atom. The summed E-state index contributed by atoms with van der Waals surface area (Å²) in [5.74, 6) is 0.622. The van der Waals surface area contributed by atoms with Gasteiger partial charge < -0.3 is 15.0 Å². The van der Waals surface area contributed by atoms with Gasteiger partial charge >= 0.3 is 0 Å². The molecule has 1 aromatic heterocycles. The molecule has 0 saturated carbocycles. The molecule has 1 unspecified atom stereocenters. The molecule has 2 rings (SSSR count). The molecule has 102 valence electrons. The highest BCUT2D eigenvalue weighted by Gasteiger charge is 2.33. The lowest BCUT2D eigenvalue weighted by molar-refractivity contribution is 0.0667. The fraction of sp³-hybridized carbons (Fsp3) is 0.700. The highest BCUT2D eigenvalue weighted by Crippen LogP contribution is 2.14. The van der Waals surface area contributed by atoms with Crippen LogP contribution >= 0.6 is 0 Å². The van der Waals surface area contributed by atoms with Gasteiger partial charge in [-0.2, -0.15) is 0 Å². The zero-order valence-corrected chi connectivity index (χ0v) is 11.3. The first-order valence-electron chi connectivity index (χ1n) is 5.75. The Kier molecular flexibility index (Phi) is 3.45. The van der Waals surface area contributed by atoms with Crippen LogP contribution in [0.25, 0.3) is 0 Å². The minimum Gasteiger partial charge on any atom is -0.387 e. The predicted molar refractivity (Wildman–Crippen MR) is 65.6 cm³/mol. The third-order valence-corrected chi connectivity index (χ3v) is 4.45. The zero-order chi connectivity index (χ0) is 13.4. The van der Waals surface area contributed by atoms with E-state index in [9.17, 15) is 13.5 Å². The van der Waals surface area contributed by atoms with Crippen LogP contribution in [0.3, 0.4) is 0 Å². The molecule has 0 aromatic carbocycles. The van der Waals surface area contributed by atoms with Crippen molar-refractivity contribution in [3.05, 3.63) is 12.0 Å². The van der Waals surface area contributed by atoms with E-state index in [-0.39, 0.29) is 11.6 Å². The van der Waals surface area contributed by atoms with E-state index in [1.165, 1.54) is 6.20 Å². The second-order valence-corrected chi connectivity index (χ2v) is 6.43. The van der Waals surface area contributed by atoms with E-state index in [0.29, 0.717) is 25.3 Å². The molecule has 1 saturated heterocycles. The molecule has 0 amide bonds. The summed E-state index contributed by atoms with van der Waals surface area (Å²) in [6.07, 6.45) is 1.99. The second kappa shape index (κ2) is 4.61. The van der Waals surface area contributed by atoms with Crippen molar-refractivity contribution in [3.8, 4) is 0 Å². The molecule has 18 heavy (non-hydrogen) atoms. The Hall–Kier alpha value is -0.960. The largest absolute Gasteiger partial charge is 0.387 e. The summed E-state index contributed by atoms with van der Waals surface area (Å²) in [7, 11) is -1.93. The minimum atomic E-state index is -3.66. The van der Waals surface area contributed by atoms with Crippen LogP contribution in [0, 0.1) is 6.92 Å². The van der Waals surface area contributed by atoms with Gasteiger partial charge in [0.1, 0.15) is 5.82 Å². The van der Waals surface area contributed by atoms with Crippen molar-refractivity contribution in [2.24, 2.45) is 7.05 Å². The first kappa shape index (κ1) is 13.5. The quantitative estimate of drug-likeness (QED) is 0.636. The summed E-state index contributed by atoms with van der Waals surface area (Å²) in [5.41, 5.74) is -1.00. The average molecular weight is 274 g/mol. The molecule has 1 atom stereocenters. The van der Waals surface area contributed by atoms with Crippen molar-refractivity contribution in [2.75, 3.05) is 19.6 Å². The summed E-state index contributed by atoms with van der Waals surface area (Å²) in [6.45, 7) is 2.82. The minimum absolute atomic E-state index is 0.00203. The van der Waals surface area contributed by atoms with Crippen molar-refractivity contribution in [1.82, 2.24) is 19.6 Å². The number of hydrogen-bond donors (Lipinski definition) is 3. The highest BCUT2D eigenvalue weighted by molar-refractivity contribution is 7.89. The fourth-order valence-corrected chi connectivity index (χ4v) is 3.00. The molecule has 0 radical (unpaired) electrons. The number of hydrogen-bond acceptors (Lipinski definition) is 5. The van der Waals surface area contributed by atoms with Crippen LogP contribution in [-0.2, 0) is 17.1 Å². The van der Waals surface area contributed by atoms with Crippen LogP contribution in [-0.4, -0.2) is 48.3 Å². The standard InChI is InChI=1S/C10H18N4O3S/c1-8-13-9(5-14(8)2)18(16,17)12-7-10(15)3-4-11-6-10/h5,11-12,15H,3-4,6-7H2,1-2H3. The van der Waals surface area contributed by atoms with Gasteiger partial charge in [0.2, 0.25) is 0 Å². The lowest BCUT2D eigenvalue weighted by atomic mass is 10.1. The summed E-state index contributed by atoms with van der Waals surface area (Å²) in [5, 5.41) is 13.0. The van der Waals surface area contributed by atoms with Crippen molar-refractivity contribution in [2.45, 2.75) is 24.0 Å². The second-order valence-electron chi connectivity index (χ2n) is 4.71. The molecule has 1 fully saturated rings. The molecule has 2 heterocycles. The Bertz CT molecular complexity index is 512. The molecule has 7 nitrogen and oxygen atoms in total. The summed E-state index contributed by atoms with van der Waals surface area (Å²) >= 11 is 0. The number of nitrogens with one attached hydrogen (secondary N) is 2. The van der Waals surface area contributed by atoms with E-state index in [1.807, 2.05) is 0 Å². The van der Waals surface area contributed by atoms with Crippen molar-refractivity contribution in [3.63, 3.8) is 0 Å². The van der Waals surface area contributed by atoms with E-state index in [0.717, 1.165) is 0 Å². The van der Waals surface area contributed by atoms with Crippen LogP contribution in [0.5, 0.6) is 0 Å². The van der Waals surface area contributed by atoms with Gasteiger partial charge in [-0.1, -0.05) is 0 Å². The van der Waals surface area contributed by atoms with Gasteiger partial charge in [-0.3, -0.25) is 0 Å². The molecule has 0 bridgehead atoms. The predicted octanol–water partition coefficient (Wildman–Crippen LogP) is -1.27. The molecule has 0 spiro atoms. The monoisotopic (exact) mass is 274 g/mol. The van der Waals surface area contributed by atoms with Gasteiger partial charge in [-0.15, -0.1) is 0 Å². The van der Waals surface area contributed by atoms with Gasteiger partial charge in [-0.05, 0) is 19.9 Å². The van der Waals surface area contributed by atoms with Gasteiger partial charge in [0.15, 0.2) is 5.03 Å². The normalized spacial score (nSPS) is 24.6. The lowest BCUT2D eigenvalue weighted by Crippen LogP contribution is -2.44. The van der Waals surface area contributed by atoms with Crippen molar-refractivity contribution >= 4 is 10.0 Å². The van der Waals surface area contributed by atoms with E-state index in [1.54, 1.807) is 18.5 Å². The van der Waals surface area contributed by atoms with Crippen molar-refractivity contribution in [1.29, 1.82) is 0 Å². The molecule has 1 aliphatic rings. The van der Waals surface area contributed by atoms with Crippen LogP contribution in [0.15, 0.2) is 11.2 Å². The number of nitrogens with zero attached hydrogens (tertiary/aromatic N) is 2. The first-order chi connectivity index (χ1) is 8.32. The summed E-state index contributed by atoms with van der Waals surface area (Å²) < 4.78 is 28.0. The fourth-order valence-electron chi connectivity index (χ4n) is 1.84. The Balaban J connectivity index is 2.08. The molecule has 1 aliphatic heterocycles. The van der Waals surface area contributed by atoms with Crippen LogP contribution in [0.1, 0.15) is 12.2 Å². The number of sulfonamides is 1. The Labute approximate surface area is 106 Å². The SMILES string of the molecule is Cc1nc(S(=O)(=O)NCC2(O)CCNC2)cn1C. The number of rotatable bonds is 4. The Morgan fingerprint density at radius 2 is 2.39 bits per heavy atom. The maximum atomic E-state index is 12.0. The Morgan fingerprint density at radius 1 is 1.67 bits per heavy atom. The van der Waals surface area contributed by atoms with E-state index < -0.39 is 15.6 Å². The molecular weight excluding hydrogens is 256 g/mol. The zero-order valence-electron chi connectivity index (χ0n) is 10.5. The molecule has 8 heteroatoms. The summed E-state index contributed by atoms with van der Waals surface area (Å²) in [4.78, 5) is 3.97. The van der Waals surface area contributed by atoms with Gasteiger partial charge in [0, 0.05) is 26.3 Å². The number of aryl methyl sites for hydroxylation is 2. The molecular formula is C10H18N4O3S. The smallest absolute Gasteiger partial charge is 0.259 e. The van der Waals surface area contributed by atoms with Crippen LogP contribution < -0.4 is 10.0 Å². The highest BCUT2D eigenvalue weighted by atomic mass is 32.2. The molecule has 0 aliphatic carbocycles. The van der Waals surface area contributed by atoms with Crippen LogP contribution in [0.4, 0.5) is 0 Å². The topological polar surface area (TPSA) is 96.2 Å². The van der Waals surface area contributed by atoms with Crippen LogP contribution in [0.2, 0.25) is 0 Å². The van der Waals surface area contributed by atoms with Gasteiger partial charge in [0.05, 0.1) is 5.60 Å². The summed E-state index contributed by atoms with van der Waals surface area (Å²) in [6, 6.07) is 0. The van der Waals surface area contributed by atoms with Gasteiger partial charge in [-0.25, -0.2) is 18.1 Å². The lowest BCUT2D eigenvalue weighted by Gasteiger charge is -2.20.